The van der Waals surface area contributed by atoms with Gasteiger partial charge in [-0.05, 0) is 65.3 Å². The summed E-state index contributed by atoms with van der Waals surface area (Å²) in [5.74, 6) is -0.977. The lowest BCUT2D eigenvalue weighted by molar-refractivity contribution is -0.146. The number of amides is 4. The van der Waals surface area contributed by atoms with E-state index in [9.17, 15) is 42.3 Å². The number of nitrogens with one attached hydrogen (secondary N) is 1. The zero-order chi connectivity index (χ0) is 32.5. The zero-order valence-electron chi connectivity index (χ0n) is 24.8. The van der Waals surface area contributed by atoms with E-state index in [4.69, 9.17) is 0 Å². The van der Waals surface area contributed by atoms with Crippen molar-refractivity contribution in [1.82, 2.24) is 24.3 Å². The van der Waals surface area contributed by atoms with Crippen molar-refractivity contribution < 1.29 is 37.5 Å². The second-order valence-corrected chi connectivity index (χ2v) is 11.7. The van der Waals surface area contributed by atoms with Crippen LogP contribution >= 0.6 is 0 Å². The fraction of sp³-hybridized carbons (Fsp3) is 0.500. The number of aromatic nitrogens is 2. The van der Waals surface area contributed by atoms with Crippen LogP contribution in [-0.4, -0.2) is 90.4 Å². The molecule has 0 unspecified atom stereocenters. The quantitative estimate of drug-likeness (QED) is 0.510. The second-order valence-electron chi connectivity index (χ2n) is 11.7. The molecule has 15 heteroatoms. The van der Waals surface area contributed by atoms with Gasteiger partial charge in [-0.15, -0.1) is 0 Å². The van der Waals surface area contributed by atoms with Gasteiger partial charge in [-0.3, -0.25) is 24.4 Å². The Hall–Kier alpha value is -4.43. The van der Waals surface area contributed by atoms with E-state index in [2.05, 4.69) is 10.3 Å². The zero-order valence-corrected chi connectivity index (χ0v) is 24.8. The van der Waals surface area contributed by atoms with Crippen molar-refractivity contribution in [3.05, 3.63) is 52.1 Å². The molecule has 1 fully saturated rings. The first kappa shape index (κ1) is 33.1. The summed E-state index contributed by atoms with van der Waals surface area (Å²) in [6.07, 6.45) is -5.22. The fourth-order valence-corrected chi connectivity index (χ4v) is 5.22. The molecule has 3 rings (SSSR count). The van der Waals surface area contributed by atoms with Crippen LogP contribution in [0.2, 0.25) is 0 Å². The number of nitrogens with zero attached hydrogens (tertiary/aromatic N) is 5. The van der Waals surface area contributed by atoms with E-state index in [0.29, 0.717) is 0 Å². The highest BCUT2D eigenvalue weighted by molar-refractivity contribution is 5.90. The van der Waals surface area contributed by atoms with Crippen LogP contribution in [0, 0.1) is 0 Å². The van der Waals surface area contributed by atoms with Crippen LogP contribution in [0.15, 0.2) is 35.3 Å². The third-order valence-corrected chi connectivity index (χ3v) is 6.95. The number of urea groups is 1. The SMILES string of the molecule is CC(=O)Cc1ccc(-n2ccc(NC(=O)N3CCN(C(=O)C(C)(C)N(C(=O)O)C(C)(C)C)CC3)nc2=O)cc1C(F)(F)F. The predicted octanol–water partition coefficient (Wildman–Crippen LogP) is 3.62. The summed E-state index contributed by atoms with van der Waals surface area (Å²) in [5.41, 5.74) is -4.52. The van der Waals surface area contributed by atoms with E-state index in [-0.39, 0.29) is 43.2 Å². The maximum atomic E-state index is 13.6. The Morgan fingerprint density at radius 1 is 0.977 bits per heavy atom. The lowest BCUT2D eigenvalue weighted by Gasteiger charge is -2.47. The van der Waals surface area contributed by atoms with Gasteiger partial charge in [0.1, 0.15) is 17.1 Å². The molecule has 1 aromatic carbocycles. The largest absolute Gasteiger partial charge is 0.465 e. The topological polar surface area (TPSA) is 145 Å². The smallest absolute Gasteiger partial charge is 0.416 e. The summed E-state index contributed by atoms with van der Waals surface area (Å²) in [6, 6.07) is 3.82. The number of piperazine rings is 1. The van der Waals surface area contributed by atoms with Crippen LogP contribution in [0.3, 0.4) is 0 Å². The lowest BCUT2D eigenvalue weighted by Crippen LogP contribution is -2.65. The Bertz CT molecular complexity index is 1470. The number of anilines is 1. The Morgan fingerprint density at radius 2 is 1.56 bits per heavy atom. The summed E-state index contributed by atoms with van der Waals surface area (Å²) in [7, 11) is 0. The van der Waals surface area contributed by atoms with Crippen LogP contribution in [0.5, 0.6) is 0 Å². The monoisotopic (exact) mass is 608 g/mol. The minimum absolute atomic E-state index is 0.119. The number of carbonyl (C=O) groups is 4. The third-order valence-electron chi connectivity index (χ3n) is 6.95. The Labute approximate surface area is 246 Å². The predicted molar refractivity (Wildman–Crippen MR) is 150 cm³/mol. The summed E-state index contributed by atoms with van der Waals surface area (Å²) >= 11 is 0. The molecular formula is C28H35F3N6O6. The van der Waals surface area contributed by atoms with Crippen LogP contribution in [0.4, 0.5) is 28.6 Å². The van der Waals surface area contributed by atoms with E-state index in [1.54, 1.807) is 20.8 Å². The van der Waals surface area contributed by atoms with Gasteiger partial charge in [0, 0.05) is 44.3 Å². The molecule has 1 aromatic heterocycles. The van der Waals surface area contributed by atoms with Crippen LogP contribution in [-0.2, 0) is 22.2 Å². The molecular weight excluding hydrogens is 573 g/mol. The van der Waals surface area contributed by atoms with E-state index < -0.39 is 58.7 Å². The average Bonchev–Trinajstić information content (AvgIpc) is 2.86. The molecule has 0 saturated carbocycles. The van der Waals surface area contributed by atoms with Crippen molar-refractivity contribution >= 4 is 29.6 Å². The number of alkyl halides is 3. The van der Waals surface area contributed by atoms with Gasteiger partial charge in [-0.25, -0.2) is 14.4 Å². The van der Waals surface area contributed by atoms with Gasteiger partial charge in [0.2, 0.25) is 5.91 Å². The molecule has 0 spiro atoms. The first-order chi connectivity index (χ1) is 19.7. The van der Waals surface area contributed by atoms with Crippen molar-refractivity contribution in [2.45, 2.75) is 65.2 Å². The number of hydrogen-bond acceptors (Lipinski definition) is 6. The van der Waals surface area contributed by atoms with Gasteiger partial charge < -0.3 is 14.9 Å². The summed E-state index contributed by atoms with van der Waals surface area (Å²) < 4.78 is 41.7. The average molecular weight is 609 g/mol. The standard InChI is InChI=1S/C28H35F3N6O6/c1-17(38)15-18-7-8-19(16-20(18)28(29,30)31)36-10-9-21(33-24(36)41)32-23(40)35-13-11-34(12-14-35)22(39)27(5,6)37(25(42)43)26(2,3)4/h7-10,16H,11-15H2,1-6H3,(H,42,43)(H,32,33,40,41). The Balaban J connectivity index is 1.70. The van der Waals surface area contributed by atoms with Gasteiger partial charge in [-0.2, -0.15) is 18.2 Å². The summed E-state index contributed by atoms with van der Waals surface area (Å²) in [4.78, 5) is 69.9. The molecule has 0 bridgehead atoms. The summed E-state index contributed by atoms with van der Waals surface area (Å²) in [5, 5.41) is 12.2. The van der Waals surface area contributed by atoms with Crippen LogP contribution in [0.25, 0.3) is 5.69 Å². The van der Waals surface area contributed by atoms with Gasteiger partial charge >= 0.3 is 24.0 Å². The number of carbonyl (C=O) groups excluding carboxylic acids is 3. The molecule has 234 valence electrons. The number of rotatable bonds is 6. The van der Waals surface area contributed by atoms with Crippen LogP contribution < -0.4 is 11.0 Å². The van der Waals surface area contributed by atoms with E-state index >= 15 is 0 Å². The number of ketones is 1. The number of halogens is 3. The molecule has 0 radical (unpaired) electrons. The molecule has 1 saturated heterocycles. The van der Waals surface area contributed by atoms with E-state index in [0.717, 1.165) is 21.6 Å². The maximum absolute atomic E-state index is 13.6. The fourth-order valence-electron chi connectivity index (χ4n) is 5.22. The van der Waals surface area contributed by atoms with E-state index in [1.807, 2.05) is 0 Å². The van der Waals surface area contributed by atoms with Crippen LogP contribution in [0.1, 0.15) is 52.7 Å². The highest BCUT2D eigenvalue weighted by atomic mass is 19.4. The highest BCUT2D eigenvalue weighted by Crippen LogP contribution is 2.34. The normalized spacial score (nSPS) is 14.3. The molecule has 2 N–H and O–H groups in total. The van der Waals surface area contributed by atoms with E-state index in [1.165, 1.54) is 48.9 Å². The van der Waals surface area contributed by atoms with Gasteiger partial charge in [0.05, 0.1) is 11.3 Å². The maximum Gasteiger partial charge on any atom is 0.416 e. The van der Waals surface area contributed by atoms with Gasteiger partial charge in [0.15, 0.2) is 0 Å². The molecule has 43 heavy (non-hydrogen) atoms. The summed E-state index contributed by atoms with van der Waals surface area (Å²) in [6.45, 7) is 9.86. The number of hydrogen-bond donors (Lipinski definition) is 2. The van der Waals surface area contributed by atoms with Crippen molar-refractivity contribution in [2.24, 2.45) is 0 Å². The second kappa shape index (κ2) is 12.1. The minimum Gasteiger partial charge on any atom is -0.465 e. The molecule has 4 amide bonds. The number of Topliss-reactive ketones (excluding diaryl/α,β-unsaturated/α-hetero) is 1. The molecule has 0 atom stereocenters. The molecule has 0 aliphatic carbocycles. The molecule has 1 aliphatic heterocycles. The molecule has 1 aliphatic rings. The van der Waals surface area contributed by atoms with Crippen molar-refractivity contribution in [3.63, 3.8) is 0 Å². The van der Waals surface area contributed by atoms with Gasteiger partial charge in [0.25, 0.3) is 0 Å². The minimum atomic E-state index is -4.75. The number of carboxylic acid groups (broad SMARTS) is 1. The lowest BCUT2D eigenvalue weighted by atomic mass is 9.93. The Morgan fingerprint density at radius 3 is 2.05 bits per heavy atom. The first-order valence-corrected chi connectivity index (χ1v) is 13.4. The van der Waals surface area contributed by atoms with Crippen molar-refractivity contribution in [2.75, 3.05) is 31.5 Å². The van der Waals surface area contributed by atoms with Gasteiger partial charge in [-0.1, -0.05) is 6.07 Å². The third kappa shape index (κ3) is 7.51. The molecule has 2 heterocycles. The first-order valence-electron chi connectivity index (χ1n) is 13.4. The highest BCUT2D eigenvalue weighted by Gasteiger charge is 2.46. The van der Waals surface area contributed by atoms with Crippen molar-refractivity contribution in [1.29, 1.82) is 0 Å². The van der Waals surface area contributed by atoms with Crippen molar-refractivity contribution in [3.8, 4) is 5.69 Å². The molecule has 12 nitrogen and oxygen atoms in total. The molecule has 2 aromatic rings. The number of benzene rings is 1. The Kier molecular flexibility index (Phi) is 9.27.